The summed E-state index contributed by atoms with van der Waals surface area (Å²) in [5, 5.41) is 0.200. The van der Waals surface area contributed by atoms with Gasteiger partial charge in [0.2, 0.25) is 0 Å². The van der Waals surface area contributed by atoms with E-state index >= 15 is 0 Å². The van der Waals surface area contributed by atoms with Gasteiger partial charge < -0.3 is 5.73 Å². The highest BCUT2D eigenvalue weighted by Gasteiger charge is 2.15. The number of hydrogen-bond donors (Lipinski definition) is 1. The highest BCUT2D eigenvalue weighted by molar-refractivity contribution is 7.93. The van der Waals surface area contributed by atoms with E-state index in [1.54, 1.807) is 11.1 Å². The van der Waals surface area contributed by atoms with Gasteiger partial charge in [-0.25, -0.2) is 0 Å². The Morgan fingerprint density at radius 2 is 1.41 bits per heavy atom. The number of nitrogens with zero attached hydrogens (tertiary/aromatic N) is 1. The monoisotopic (exact) mass is 392 g/mol. The van der Waals surface area contributed by atoms with Crippen LogP contribution in [-0.2, 0) is 16.6 Å². The molecule has 0 saturated heterocycles. The molecule has 0 radical (unpaired) electrons. The van der Waals surface area contributed by atoms with E-state index in [1.807, 2.05) is 91.0 Å². The second kappa shape index (κ2) is 9.26. The Balaban J connectivity index is 2.02. The van der Waals surface area contributed by atoms with Gasteiger partial charge in [-0.2, -0.15) is 0 Å². The lowest BCUT2D eigenvalue weighted by Gasteiger charge is -2.20. The van der Waals surface area contributed by atoms with Crippen molar-refractivity contribution >= 4 is 38.7 Å². The molecule has 5 heteroatoms. The highest BCUT2D eigenvalue weighted by atomic mass is 32.2. The lowest BCUT2D eigenvalue weighted by Crippen LogP contribution is -2.31. The Morgan fingerprint density at radius 3 is 1.96 bits per heavy atom. The standard InChI is InChI=1S/C22H20N2OS2/c23-22(26)24(20-14-8-3-9-15-20)16-21(19-12-6-2-7-13-19)27(25)17-18-10-4-1-5-11-18/h1-16H,17H2,(H2,23,26). The number of benzene rings is 3. The molecule has 0 aromatic heterocycles. The number of anilines is 1. The number of thiocarbonyl (C=S) groups is 1. The zero-order valence-corrected chi connectivity index (χ0v) is 16.3. The Labute approximate surface area is 167 Å². The summed E-state index contributed by atoms with van der Waals surface area (Å²) in [6.45, 7) is 0. The molecule has 3 aromatic rings. The molecule has 0 fully saturated rings. The van der Waals surface area contributed by atoms with Crippen LogP contribution in [0.3, 0.4) is 0 Å². The SMILES string of the molecule is NC(=S)N(C=C(c1ccccc1)S(=O)Cc1ccccc1)c1ccccc1. The van der Waals surface area contributed by atoms with Crippen LogP contribution >= 0.6 is 12.2 Å². The average molecular weight is 393 g/mol. The summed E-state index contributed by atoms with van der Waals surface area (Å²) in [5.74, 6) is 0.418. The fourth-order valence-corrected chi connectivity index (χ4v) is 4.07. The minimum Gasteiger partial charge on any atom is -0.376 e. The fourth-order valence-electron chi connectivity index (χ4n) is 2.64. The maximum absolute atomic E-state index is 13.2. The molecule has 0 aliphatic carbocycles. The summed E-state index contributed by atoms with van der Waals surface area (Å²) in [5.41, 5.74) is 8.68. The van der Waals surface area contributed by atoms with Crippen molar-refractivity contribution in [3.8, 4) is 0 Å². The molecule has 0 aliphatic heterocycles. The summed E-state index contributed by atoms with van der Waals surface area (Å²) < 4.78 is 13.2. The van der Waals surface area contributed by atoms with Gasteiger partial charge in [-0.15, -0.1) is 0 Å². The van der Waals surface area contributed by atoms with Crippen molar-refractivity contribution < 1.29 is 4.21 Å². The average Bonchev–Trinajstić information content (AvgIpc) is 2.70. The van der Waals surface area contributed by atoms with E-state index in [-0.39, 0.29) is 5.11 Å². The van der Waals surface area contributed by atoms with Crippen LogP contribution < -0.4 is 10.6 Å². The fraction of sp³-hybridized carbons (Fsp3) is 0.0455. The Bertz CT molecular complexity index is 942. The van der Waals surface area contributed by atoms with Gasteiger partial charge in [0.05, 0.1) is 21.5 Å². The first-order valence-corrected chi connectivity index (χ1v) is 10.2. The number of para-hydroxylation sites is 1. The zero-order chi connectivity index (χ0) is 19.1. The Kier molecular flexibility index (Phi) is 6.52. The molecule has 2 N–H and O–H groups in total. The van der Waals surface area contributed by atoms with Gasteiger partial charge in [-0.1, -0.05) is 78.9 Å². The molecule has 3 rings (SSSR count). The first kappa shape index (κ1) is 19.0. The maximum atomic E-state index is 13.2. The van der Waals surface area contributed by atoms with Crippen LogP contribution in [0.25, 0.3) is 4.91 Å². The summed E-state index contributed by atoms with van der Waals surface area (Å²) in [6.07, 6.45) is 1.78. The van der Waals surface area contributed by atoms with Gasteiger partial charge in [-0.05, 0) is 35.5 Å². The van der Waals surface area contributed by atoms with Gasteiger partial charge in [0.15, 0.2) is 5.11 Å². The van der Waals surface area contributed by atoms with Crippen molar-refractivity contribution in [1.82, 2.24) is 0 Å². The van der Waals surface area contributed by atoms with Crippen LogP contribution in [-0.4, -0.2) is 9.32 Å². The molecule has 27 heavy (non-hydrogen) atoms. The van der Waals surface area contributed by atoms with E-state index in [0.29, 0.717) is 10.7 Å². The van der Waals surface area contributed by atoms with Gasteiger partial charge in [0.25, 0.3) is 0 Å². The van der Waals surface area contributed by atoms with Crippen LogP contribution in [0.1, 0.15) is 11.1 Å². The number of nitrogens with two attached hydrogens (primary N) is 1. The van der Waals surface area contributed by atoms with Crippen molar-refractivity contribution in [1.29, 1.82) is 0 Å². The largest absolute Gasteiger partial charge is 0.376 e. The van der Waals surface area contributed by atoms with Crippen molar-refractivity contribution in [2.45, 2.75) is 5.75 Å². The van der Waals surface area contributed by atoms with Crippen LogP contribution in [0.2, 0.25) is 0 Å². The van der Waals surface area contributed by atoms with E-state index in [1.165, 1.54) is 0 Å². The lowest BCUT2D eigenvalue weighted by molar-refractivity contribution is 0.688. The summed E-state index contributed by atoms with van der Waals surface area (Å²) in [4.78, 5) is 2.37. The first-order valence-electron chi connectivity index (χ1n) is 8.48. The molecular weight excluding hydrogens is 372 g/mol. The topological polar surface area (TPSA) is 46.3 Å². The third-order valence-electron chi connectivity index (χ3n) is 3.96. The molecule has 3 nitrogen and oxygen atoms in total. The quantitative estimate of drug-likeness (QED) is 0.619. The molecule has 3 aromatic carbocycles. The smallest absolute Gasteiger partial charge is 0.175 e. The van der Waals surface area contributed by atoms with Crippen molar-refractivity contribution in [3.63, 3.8) is 0 Å². The third-order valence-corrected chi connectivity index (χ3v) is 5.59. The van der Waals surface area contributed by atoms with Crippen LogP contribution in [0.4, 0.5) is 5.69 Å². The van der Waals surface area contributed by atoms with Gasteiger partial charge >= 0.3 is 0 Å². The van der Waals surface area contributed by atoms with Crippen molar-refractivity contribution in [3.05, 3.63) is 108 Å². The van der Waals surface area contributed by atoms with Gasteiger partial charge in [0, 0.05) is 11.9 Å². The molecule has 0 bridgehead atoms. The molecule has 0 heterocycles. The molecule has 0 spiro atoms. The summed E-state index contributed by atoms with van der Waals surface area (Å²) >= 11 is 5.24. The van der Waals surface area contributed by atoms with E-state index in [9.17, 15) is 4.21 Å². The predicted molar refractivity (Wildman–Crippen MR) is 118 cm³/mol. The zero-order valence-electron chi connectivity index (χ0n) is 14.7. The molecule has 1 unspecified atom stereocenters. The summed E-state index contributed by atoms with van der Waals surface area (Å²) in [6, 6.07) is 29.1. The molecule has 0 amide bonds. The maximum Gasteiger partial charge on any atom is 0.175 e. The van der Waals surface area contributed by atoms with Crippen molar-refractivity contribution in [2.75, 3.05) is 4.90 Å². The molecule has 136 valence electrons. The first-order chi connectivity index (χ1) is 13.1. The Morgan fingerprint density at radius 1 is 0.889 bits per heavy atom. The van der Waals surface area contributed by atoms with E-state index < -0.39 is 10.8 Å². The minimum absolute atomic E-state index is 0.200. The van der Waals surface area contributed by atoms with Crippen LogP contribution in [0, 0.1) is 0 Å². The van der Waals surface area contributed by atoms with Crippen LogP contribution in [0.15, 0.2) is 97.2 Å². The van der Waals surface area contributed by atoms with Crippen LogP contribution in [0.5, 0.6) is 0 Å². The second-order valence-electron chi connectivity index (χ2n) is 5.88. The summed E-state index contributed by atoms with van der Waals surface area (Å²) in [7, 11) is -1.27. The second-order valence-corrected chi connectivity index (χ2v) is 7.72. The van der Waals surface area contributed by atoms with E-state index in [2.05, 4.69) is 0 Å². The molecule has 1 atom stereocenters. The molecule has 0 saturated carbocycles. The van der Waals surface area contributed by atoms with Gasteiger partial charge in [0.1, 0.15) is 0 Å². The number of hydrogen-bond acceptors (Lipinski definition) is 2. The van der Waals surface area contributed by atoms with Gasteiger partial charge in [-0.3, -0.25) is 9.11 Å². The highest BCUT2D eigenvalue weighted by Crippen LogP contribution is 2.24. The molecular formula is C22H20N2OS2. The third kappa shape index (κ3) is 5.12. The normalized spacial score (nSPS) is 12.4. The van der Waals surface area contributed by atoms with E-state index in [0.717, 1.165) is 16.8 Å². The Hall–Kier alpha value is -2.76. The van der Waals surface area contributed by atoms with E-state index in [4.69, 9.17) is 18.0 Å². The predicted octanol–water partition coefficient (Wildman–Crippen LogP) is 4.68. The molecule has 0 aliphatic rings. The number of rotatable bonds is 6. The van der Waals surface area contributed by atoms with Crippen molar-refractivity contribution in [2.24, 2.45) is 5.73 Å². The lowest BCUT2D eigenvalue weighted by atomic mass is 10.2. The minimum atomic E-state index is -1.27.